The van der Waals surface area contributed by atoms with Crippen molar-refractivity contribution < 1.29 is 0 Å². The number of fused-ring (bicyclic) bond motifs is 1. The zero-order valence-corrected chi connectivity index (χ0v) is 14.5. The van der Waals surface area contributed by atoms with E-state index >= 15 is 0 Å². The van der Waals surface area contributed by atoms with Crippen molar-refractivity contribution >= 4 is 0 Å². The van der Waals surface area contributed by atoms with Crippen molar-refractivity contribution in [2.24, 2.45) is 35.5 Å². The van der Waals surface area contributed by atoms with Crippen molar-refractivity contribution in [3.63, 3.8) is 0 Å². The molecule has 0 aromatic heterocycles. The minimum Gasteiger partial charge on any atom is -0.0654 e. The predicted molar refractivity (Wildman–Crippen MR) is 89.8 cm³/mol. The zero-order valence-electron chi connectivity index (χ0n) is 14.5. The third kappa shape index (κ3) is 4.01. The summed E-state index contributed by atoms with van der Waals surface area (Å²) >= 11 is 0. The minimum absolute atomic E-state index is 0.897. The Hall–Kier alpha value is 0. The van der Waals surface area contributed by atoms with Crippen molar-refractivity contribution in [2.45, 2.75) is 91.9 Å². The summed E-state index contributed by atoms with van der Waals surface area (Å²) in [7, 11) is 0. The normalized spacial score (nSPS) is 36.1. The van der Waals surface area contributed by atoms with E-state index in [0.717, 1.165) is 35.5 Å². The predicted octanol–water partition coefficient (Wildman–Crippen LogP) is 6.69. The number of hydrogen-bond acceptors (Lipinski definition) is 0. The lowest BCUT2D eigenvalue weighted by Gasteiger charge is -2.44. The van der Waals surface area contributed by atoms with Gasteiger partial charge in [-0.1, -0.05) is 72.6 Å². The second-order valence-electron chi connectivity index (χ2n) is 8.38. The van der Waals surface area contributed by atoms with Gasteiger partial charge >= 0.3 is 0 Å². The highest BCUT2D eigenvalue weighted by atomic mass is 14.6. The average molecular weight is 279 g/mol. The number of hydrogen-bond donors (Lipinski definition) is 0. The standard InChI is InChI=1S/C20H38/c1-5-6-7-8-11-17-14-18-13-16(4)19(20(17)18)12-9-10-15(2)3/h15-20H,5-14H2,1-4H3. The van der Waals surface area contributed by atoms with Crippen LogP contribution in [0.2, 0.25) is 0 Å². The van der Waals surface area contributed by atoms with Gasteiger partial charge in [-0.3, -0.25) is 0 Å². The van der Waals surface area contributed by atoms with E-state index in [-0.39, 0.29) is 0 Å². The molecule has 20 heavy (non-hydrogen) atoms. The van der Waals surface area contributed by atoms with Gasteiger partial charge in [-0.15, -0.1) is 0 Å². The van der Waals surface area contributed by atoms with Gasteiger partial charge < -0.3 is 0 Å². The molecule has 5 unspecified atom stereocenters. The average Bonchev–Trinajstić information content (AvgIpc) is 2.62. The molecular weight excluding hydrogens is 240 g/mol. The van der Waals surface area contributed by atoms with Crippen LogP contribution >= 0.6 is 0 Å². The monoisotopic (exact) mass is 278 g/mol. The Kier molecular flexibility index (Phi) is 6.43. The topological polar surface area (TPSA) is 0 Å². The van der Waals surface area contributed by atoms with E-state index in [4.69, 9.17) is 0 Å². The highest BCUT2D eigenvalue weighted by Gasteiger charge is 2.51. The molecule has 0 aromatic carbocycles. The smallest absolute Gasteiger partial charge is 0.0326 e. The largest absolute Gasteiger partial charge is 0.0654 e. The second-order valence-corrected chi connectivity index (χ2v) is 8.38. The van der Waals surface area contributed by atoms with E-state index in [0.29, 0.717) is 0 Å². The molecule has 0 amide bonds. The minimum atomic E-state index is 0.897. The molecule has 0 heteroatoms. The maximum atomic E-state index is 2.55. The molecule has 2 rings (SSSR count). The molecule has 0 aliphatic heterocycles. The van der Waals surface area contributed by atoms with Gasteiger partial charge in [0.05, 0.1) is 0 Å². The van der Waals surface area contributed by atoms with Gasteiger partial charge in [-0.2, -0.15) is 0 Å². The quantitative estimate of drug-likeness (QED) is 0.412. The second kappa shape index (κ2) is 7.85. The molecule has 0 bridgehead atoms. The first-order chi connectivity index (χ1) is 9.63. The third-order valence-electron chi connectivity index (χ3n) is 6.34. The highest BCUT2D eigenvalue weighted by Crippen LogP contribution is 2.59. The molecule has 0 aromatic rings. The van der Waals surface area contributed by atoms with Crippen molar-refractivity contribution in [3.05, 3.63) is 0 Å². The van der Waals surface area contributed by atoms with Crippen LogP contribution in [0.25, 0.3) is 0 Å². The van der Waals surface area contributed by atoms with Gasteiger partial charge in [0.25, 0.3) is 0 Å². The summed E-state index contributed by atoms with van der Waals surface area (Å²) in [5, 5.41) is 0. The van der Waals surface area contributed by atoms with Gasteiger partial charge in [0.15, 0.2) is 0 Å². The molecule has 5 atom stereocenters. The van der Waals surface area contributed by atoms with Gasteiger partial charge in [0.2, 0.25) is 0 Å². The fourth-order valence-electron chi connectivity index (χ4n) is 5.26. The van der Waals surface area contributed by atoms with Crippen LogP contribution in [0, 0.1) is 35.5 Å². The van der Waals surface area contributed by atoms with Crippen LogP contribution < -0.4 is 0 Å². The van der Waals surface area contributed by atoms with Crippen LogP contribution in [0.1, 0.15) is 91.9 Å². The summed E-state index contributed by atoms with van der Waals surface area (Å²) in [4.78, 5) is 0. The van der Waals surface area contributed by atoms with Gasteiger partial charge in [0, 0.05) is 0 Å². The summed E-state index contributed by atoms with van der Waals surface area (Å²) in [5.41, 5.74) is 0. The molecule has 0 N–H and O–H groups in total. The molecule has 0 nitrogen and oxygen atoms in total. The van der Waals surface area contributed by atoms with E-state index in [1.807, 2.05) is 0 Å². The van der Waals surface area contributed by atoms with Crippen LogP contribution in [0.5, 0.6) is 0 Å². The van der Waals surface area contributed by atoms with Crippen LogP contribution in [-0.2, 0) is 0 Å². The molecule has 0 spiro atoms. The molecule has 118 valence electrons. The first kappa shape index (κ1) is 16.4. The maximum absolute atomic E-state index is 2.55. The van der Waals surface area contributed by atoms with Gasteiger partial charge in [0.1, 0.15) is 0 Å². The molecule has 0 radical (unpaired) electrons. The van der Waals surface area contributed by atoms with Crippen LogP contribution in [0.15, 0.2) is 0 Å². The molecule has 0 saturated heterocycles. The van der Waals surface area contributed by atoms with E-state index in [9.17, 15) is 0 Å². The van der Waals surface area contributed by atoms with E-state index in [1.165, 1.54) is 44.9 Å². The summed E-state index contributed by atoms with van der Waals surface area (Å²) < 4.78 is 0. The van der Waals surface area contributed by atoms with Crippen molar-refractivity contribution in [2.75, 3.05) is 0 Å². The van der Waals surface area contributed by atoms with Crippen molar-refractivity contribution in [3.8, 4) is 0 Å². The van der Waals surface area contributed by atoms with Crippen molar-refractivity contribution in [1.29, 1.82) is 0 Å². The summed E-state index contributed by atoms with van der Waals surface area (Å²) in [6.45, 7) is 9.62. The first-order valence-electron chi connectivity index (χ1n) is 9.63. The highest BCUT2D eigenvalue weighted by molar-refractivity contribution is 5.00. The van der Waals surface area contributed by atoms with Crippen molar-refractivity contribution in [1.82, 2.24) is 0 Å². The zero-order chi connectivity index (χ0) is 14.5. The fraction of sp³-hybridized carbons (Fsp3) is 1.00. The molecule has 2 saturated carbocycles. The molecule has 2 aliphatic rings. The SMILES string of the molecule is CCCCCCC1CC2CC(C)C(CCCC(C)C)C12. The van der Waals surface area contributed by atoms with Crippen LogP contribution in [0.4, 0.5) is 0 Å². The van der Waals surface area contributed by atoms with Gasteiger partial charge in [-0.25, -0.2) is 0 Å². The summed E-state index contributed by atoms with van der Waals surface area (Å²) in [6.07, 6.45) is 15.0. The Morgan fingerprint density at radius 1 is 0.950 bits per heavy atom. The Labute approximate surface area is 128 Å². The molecule has 0 heterocycles. The van der Waals surface area contributed by atoms with Gasteiger partial charge in [-0.05, 0) is 54.8 Å². The van der Waals surface area contributed by atoms with E-state index in [2.05, 4.69) is 27.7 Å². The third-order valence-corrected chi connectivity index (χ3v) is 6.34. The Morgan fingerprint density at radius 2 is 1.75 bits per heavy atom. The fourth-order valence-corrected chi connectivity index (χ4v) is 5.26. The summed E-state index contributed by atoms with van der Waals surface area (Å²) in [6, 6.07) is 0. The first-order valence-corrected chi connectivity index (χ1v) is 9.63. The molecular formula is C20H38. The summed E-state index contributed by atoms with van der Waals surface area (Å²) in [5.74, 6) is 6.39. The molecule has 2 aliphatic carbocycles. The Morgan fingerprint density at radius 3 is 2.45 bits per heavy atom. The Balaban J connectivity index is 1.73. The number of unbranched alkanes of at least 4 members (excludes halogenated alkanes) is 3. The van der Waals surface area contributed by atoms with E-state index < -0.39 is 0 Å². The lowest BCUT2D eigenvalue weighted by molar-refractivity contribution is 0.0516. The number of rotatable bonds is 9. The lowest BCUT2D eigenvalue weighted by Crippen LogP contribution is -2.36. The van der Waals surface area contributed by atoms with E-state index in [1.54, 1.807) is 19.3 Å². The molecule has 2 fully saturated rings. The van der Waals surface area contributed by atoms with Crippen LogP contribution in [-0.4, -0.2) is 0 Å². The maximum Gasteiger partial charge on any atom is -0.0326 e. The van der Waals surface area contributed by atoms with Crippen LogP contribution in [0.3, 0.4) is 0 Å². The lowest BCUT2D eigenvalue weighted by atomic mass is 9.61. The Bertz CT molecular complexity index is 267.